The molecule has 0 aromatic heterocycles. The first-order valence-corrected chi connectivity index (χ1v) is 12.5. The number of rotatable bonds is 10. The molecule has 0 heterocycles. The molecule has 1 saturated carbocycles. The first kappa shape index (κ1) is 24.9. The molecule has 4 nitrogen and oxygen atoms in total. The Bertz CT molecular complexity index is 1090. The van der Waals surface area contributed by atoms with Crippen molar-refractivity contribution in [2.75, 3.05) is 13.7 Å². The van der Waals surface area contributed by atoms with E-state index in [1.165, 1.54) is 56.9 Å². The molecule has 184 valence electrons. The minimum atomic E-state index is -0.339. The van der Waals surface area contributed by atoms with Crippen LogP contribution in [0, 0.1) is 5.82 Å². The SMILES string of the molecule is COC(=O)c1ccc(CNCCc2ccc(F)cc2OCc2ccc(C3CCCCC3)cc2)cc1. The van der Waals surface area contributed by atoms with Crippen LogP contribution in [0.4, 0.5) is 4.39 Å². The summed E-state index contributed by atoms with van der Waals surface area (Å²) < 4.78 is 24.7. The predicted molar refractivity (Wildman–Crippen MR) is 136 cm³/mol. The third kappa shape index (κ3) is 7.15. The molecule has 0 bridgehead atoms. The van der Waals surface area contributed by atoms with Gasteiger partial charge in [-0.25, -0.2) is 9.18 Å². The van der Waals surface area contributed by atoms with Crippen LogP contribution in [0.25, 0.3) is 0 Å². The maximum Gasteiger partial charge on any atom is 0.337 e. The van der Waals surface area contributed by atoms with Gasteiger partial charge in [0.1, 0.15) is 18.2 Å². The lowest BCUT2D eigenvalue weighted by Crippen LogP contribution is -2.17. The minimum Gasteiger partial charge on any atom is -0.489 e. The van der Waals surface area contributed by atoms with Crippen LogP contribution in [0.5, 0.6) is 5.75 Å². The Hall–Kier alpha value is -3.18. The minimum absolute atomic E-state index is 0.296. The number of methoxy groups -OCH3 is 1. The fourth-order valence-corrected chi connectivity index (χ4v) is 4.68. The summed E-state index contributed by atoms with van der Waals surface area (Å²) in [5, 5.41) is 3.40. The van der Waals surface area contributed by atoms with Crippen molar-refractivity contribution in [2.24, 2.45) is 0 Å². The largest absolute Gasteiger partial charge is 0.489 e. The zero-order valence-electron chi connectivity index (χ0n) is 20.4. The van der Waals surface area contributed by atoms with Gasteiger partial charge in [-0.1, -0.05) is 61.7 Å². The van der Waals surface area contributed by atoms with Gasteiger partial charge in [-0.2, -0.15) is 0 Å². The molecule has 0 unspecified atom stereocenters. The molecule has 35 heavy (non-hydrogen) atoms. The Kier molecular flexibility index (Phi) is 8.90. The van der Waals surface area contributed by atoms with Gasteiger partial charge in [0, 0.05) is 12.6 Å². The van der Waals surface area contributed by atoms with Gasteiger partial charge < -0.3 is 14.8 Å². The number of esters is 1. The van der Waals surface area contributed by atoms with E-state index in [1.54, 1.807) is 18.2 Å². The Morgan fingerprint density at radius 2 is 1.66 bits per heavy atom. The Morgan fingerprint density at radius 1 is 0.943 bits per heavy atom. The molecule has 4 rings (SSSR count). The fourth-order valence-electron chi connectivity index (χ4n) is 4.68. The van der Waals surface area contributed by atoms with Crippen molar-refractivity contribution >= 4 is 5.97 Å². The first-order valence-electron chi connectivity index (χ1n) is 12.5. The van der Waals surface area contributed by atoms with Gasteiger partial charge in [0.05, 0.1) is 12.7 Å². The van der Waals surface area contributed by atoms with Crippen LogP contribution in [0.2, 0.25) is 0 Å². The van der Waals surface area contributed by atoms with Gasteiger partial charge in [0.25, 0.3) is 0 Å². The van der Waals surface area contributed by atoms with E-state index in [2.05, 4.69) is 29.6 Å². The highest BCUT2D eigenvalue weighted by Gasteiger charge is 2.15. The van der Waals surface area contributed by atoms with Gasteiger partial charge >= 0.3 is 5.97 Å². The molecular formula is C30H34FNO3. The van der Waals surface area contributed by atoms with Gasteiger partial charge in [-0.3, -0.25) is 0 Å². The standard InChI is InChI=1S/C30H34FNO3/c1-34-30(33)27-13-7-22(8-14-27)20-32-18-17-26-15-16-28(31)19-29(26)35-21-23-9-11-25(12-10-23)24-5-3-2-4-6-24/h7-16,19,24,32H,2-6,17-18,20-21H2,1H3. The van der Waals surface area contributed by atoms with Crippen molar-refractivity contribution < 1.29 is 18.7 Å². The molecule has 1 aliphatic carbocycles. The zero-order valence-corrected chi connectivity index (χ0v) is 20.4. The van der Waals surface area contributed by atoms with Crippen molar-refractivity contribution in [3.05, 3.63) is 100 Å². The highest BCUT2D eigenvalue weighted by Crippen LogP contribution is 2.32. The number of hydrogen-bond donors (Lipinski definition) is 1. The molecule has 0 spiro atoms. The van der Waals surface area contributed by atoms with Gasteiger partial charge in [-0.15, -0.1) is 0 Å². The van der Waals surface area contributed by atoms with Crippen LogP contribution in [-0.4, -0.2) is 19.6 Å². The summed E-state index contributed by atoms with van der Waals surface area (Å²) in [6, 6.07) is 20.8. The second kappa shape index (κ2) is 12.5. The van der Waals surface area contributed by atoms with Gasteiger partial charge in [0.2, 0.25) is 0 Å². The average molecular weight is 476 g/mol. The number of hydrogen-bond acceptors (Lipinski definition) is 4. The maximum absolute atomic E-state index is 13.9. The molecule has 0 amide bonds. The molecule has 1 aliphatic rings. The fraction of sp³-hybridized carbons (Fsp3) is 0.367. The molecule has 1 fully saturated rings. The quantitative estimate of drug-likeness (QED) is 0.266. The molecule has 3 aromatic carbocycles. The van der Waals surface area contributed by atoms with Crippen molar-refractivity contribution in [3.63, 3.8) is 0 Å². The molecule has 0 aliphatic heterocycles. The third-order valence-corrected chi connectivity index (χ3v) is 6.76. The molecule has 1 N–H and O–H groups in total. The van der Waals surface area contributed by atoms with Crippen LogP contribution in [0.3, 0.4) is 0 Å². The lowest BCUT2D eigenvalue weighted by atomic mass is 9.84. The number of halogens is 1. The highest BCUT2D eigenvalue weighted by molar-refractivity contribution is 5.89. The molecule has 3 aromatic rings. The van der Waals surface area contributed by atoms with Crippen LogP contribution in [-0.2, 0) is 24.3 Å². The van der Waals surface area contributed by atoms with E-state index in [4.69, 9.17) is 9.47 Å². The molecule has 0 atom stereocenters. The van der Waals surface area contributed by atoms with E-state index in [9.17, 15) is 9.18 Å². The lowest BCUT2D eigenvalue weighted by Gasteiger charge is -2.22. The summed E-state index contributed by atoms with van der Waals surface area (Å²) in [6.07, 6.45) is 7.31. The van der Waals surface area contributed by atoms with Crippen molar-refractivity contribution in [3.8, 4) is 5.75 Å². The maximum atomic E-state index is 13.9. The van der Waals surface area contributed by atoms with Crippen LogP contribution in [0.15, 0.2) is 66.7 Å². The van der Waals surface area contributed by atoms with E-state index in [-0.39, 0.29) is 11.8 Å². The molecule has 0 saturated heterocycles. The Morgan fingerprint density at radius 3 is 2.37 bits per heavy atom. The summed E-state index contributed by atoms with van der Waals surface area (Å²) in [6.45, 7) is 1.81. The van der Waals surface area contributed by atoms with E-state index < -0.39 is 0 Å². The Labute approximate surface area is 207 Å². The van der Waals surface area contributed by atoms with E-state index in [0.717, 1.165) is 29.7 Å². The number of carbonyl (C=O) groups is 1. The number of carbonyl (C=O) groups excluding carboxylic acids is 1. The van der Waals surface area contributed by atoms with Crippen molar-refractivity contribution in [1.82, 2.24) is 5.32 Å². The van der Waals surface area contributed by atoms with E-state index in [0.29, 0.717) is 30.4 Å². The summed E-state index contributed by atoms with van der Waals surface area (Å²) in [4.78, 5) is 11.5. The van der Waals surface area contributed by atoms with Gasteiger partial charge in [0.15, 0.2) is 0 Å². The topological polar surface area (TPSA) is 47.6 Å². The van der Waals surface area contributed by atoms with Crippen LogP contribution >= 0.6 is 0 Å². The lowest BCUT2D eigenvalue weighted by molar-refractivity contribution is 0.0600. The summed E-state index contributed by atoms with van der Waals surface area (Å²) in [5.74, 6) is 0.640. The second-order valence-corrected chi connectivity index (χ2v) is 9.23. The highest BCUT2D eigenvalue weighted by atomic mass is 19.1. The Balaban J connectivity index is 1.28. The van der Waals surface area contributed by atoms with Crippen LogP contribution < -0.4 is 10.1 Å². The first-order chi connectivity index (χ1) is 17.1. The predicted octanol–water partition coefficient (Wildman–Crippen LogP) is 6.57. The van der Waals surface area contributed by atoms with Crippen molar-refractivity contribution in [1.29, 1.82) is 0 Å². The second-order valence-electron chi connectivity index (χ2n) is 9.23. The average Bonchev–Trinajstić information content (AvgIpc) is 2.91. The number of benzene rings is 3. The molecule has 0 radical (unpaired) electrons. The van der Waals surface area contributed by atoms with E-state index >= 15 is 0 Å². The summed E-state index contributed by atoms with van der Waals surface area (Å²) in [5.41, 5.74) is 5.09. The van der Waals surface area contributed by atoms with Crippen molar-refractivity contribution in [2.45, 2.75) is 57.6 Å². The van der Waals surface area contributed by atoms with Gasteiger partial charge in [-0.05, 0) is 72.2 Å². The van der Waals surface area contributed by atoms with Crippen LogP contribution in [0.1, 0.15) is 70.6 Å². The third-order valence-electron chi connectivity index (χ3n) is 6.76. The molecule has 5 heteroatoms. The summed E-state index contributed by atoms with van der Waals surface area (Å²) >= 11 is 0. The number of nitrogens with one attached hydrogen (secondary N) is 1. The smallest absolute Gasteiger partial charge is 0.337 e. The number of ether oxygens (including phenoxy) is 2. The monoisotopic (exact) mass is 475 g/mol. The zero-order chi connectivity index (χ0) is 24.5. The normalized spacial score (nSPS) is 14.0. The molecular weight excluding hydrogens is 441 g/mol. The summed E-state index contributed by atoms with van der Waals surface area (Å²) in [7, 11) is 1.37. The van der Waals surface area contributed by atoms with E-state index in [1.807, 2.05) is 12.1 Å².